The Labute approximate surface area is 105 Å². The molecule has 0 N–H and O–H groups in total. The molecule has 1 nitrogen and oxygen atoms in total. The van der Waals surface area contributed by atoms with Crippen molar-refractivity contribution >= 4 is 16.8 Å². The molecular formula is C14H25ClO. The Morgan fingerprint density at radius 1 is 0.938 bits per heavy atom. The fraction of sp³-hybridized carbons (Fsp3) is 0.786. The van der Waals surface area contributed by atoms with Gasteiger partial charge in [0.25, 0.3) is 0 Å². The zero-order chi connectivity index (χ0) is 12.1. The summed E-state index contributed by atoms with van der Waals surface area (Å²) in [7, 11) is 0. The molecule has 0 aliphatic heterocycles. The highest BCUT2D eigenvalue weighted by atomic mass is 35.5. The van der Waals surface area contributed by atoms with Gasteiger partial charge in [0.15, 0.2) is 0 Å². The average Bonchev–Trinajstić information content (AvgIpc) is 2.25. The van der Waals surface area contributed by atoms with Crippen molar-refractivity contribution in [2.45, 2.75) is 71.1 Å². The third kappa shape index (κ3) is 13.7. The van der Waals surface area contributed by atoms with Crippen LogP contribution in [0.3, 0.4) is 0 Å². The van der Waals surface area contributed by atoms with E-state index in [9.17, 15) is 4.79 Å². The van der Waals surface area contributed by atoms with Crippen LogP contribution in [0.25, 0.3) is 0 Å². The number of rotatable bonds is 11. The number of carbonyl (C=O) groups is 1. The number of halogens is 1. The van der Waals surface area contributed by atoms with Crippen molar-refractivity contribution in [1.82, 2.24) is 0 Å². The molecule has 0 aromatic carbocycles. The van der Waals surface area contributed by atoms with Gasteiger partial charge in [-0.05, 0) is 37.3 Å². The molecule has 0 fully saturated rings. The van der Waals surface area contributed by atoms with Gasteiger partial charge in [0.05, 0.1) is 0 Å². The van der Waals surface area contributed by atoms with Crippen molar-refractivity contribution in [1.29, 1.82) is 0 Å². The normalized spacial score (nSPS) is 11.1. The summed E-state index contributed by atoms with van der Waals surface area (Å²) in [5.74, 6) is 0. The molecule has 0 spiro atoms. The first kappa shape index (κ1) is 15.7. The molecule has 0 aromatic heterocycles. The van der Waals surface area contributed by atoms with Crippen LogP contribution >= 0.6 is 11.6 Å². The van der Waals surface area contributed by atoms with E-state index < -0.39 is 0 Å². The lowest BCUT2D eigenvalue weighted by Crippen LogP contribution is -1.86. The van der Waals surface area contributed by atoms with Gasteiger partial charge in [-0.2, -0.15) is 0 Å². The summed E-state index contributed by atoms with van der Waals surface area (Å²) in [6.07, 6.45) is 16.0. The minimum atomic E-state index is -0.196. The first-order valence-corrected chi connectivity index (χ1v) is 6.98. The van der Waals surface area contributed by atoms with Gasteiger partial charge in [-0.1, -0.05) is 51.2 Å². The van der Waals surface area contributed by atoms with Gasteiger partial charge in [0.1, 0.15) is 0 Å². The topological polar surface area (TPSA) is 17.1 Å². The molecule has 94 valence electrons. The van der Waals surface area contributed by atoms with Gasteiger partial charge in [0, 0.05) is 6.42 Å². The second-order valence-electron chi connectivity index (χ2n) is 4.28. The summed E-state index contributed by atoms with van der Waals surface area (Å²) in [5.41, 5.74) is 0. The van der Waals surface area contributed by atoms with Crippen molar-refractivity contribution in [3.05, 3.63) is 12.2 Å². The molecular weight excluding hydrogens is 220 g/mol. The SMILES string of the molecule is CCCC/C=C/CCCCCCCC(=O)Cl. The average molecular weight is 245 g/mol. The highest BCUT2D eigenvalue weighted by Gasteiger charge is 1.95. The smallest absolute Gasteiger partial charge is 0.221 e. The standard InChI is InChI=1S/C14H25ClO/c1-2-3-4-5-6-7-8-9-10-11-12-13-14(15)16/h5-6H,2-4,7-13H2,1H3/b6-5+. The lowest BCUT2D eigenvalue weighted by Gasteiger charge is -1.98. The number of hydrogen-bond donors (Lipinski definition) is 0. The maximum atomic E-state index is 10.5. The first-order chi connectivity index (χ1) is 7.77. The molecule has 0 atom stereocenters. The summed E-state index contributed by atoms with van der Waals surface area (Å²) in [6.45, 7) is 2.22. The Hall–Kier alpha value is -0.300. The Kier molecular flexibility index (Phi) is 12.5. The quantitative estimate of drug-likeness (QED) is 0.276. The number of hydrogen-bond acceptors (Lipinski definition) is 1. The lowest BCUT2D eigenvalue weighted by atomic mass is 10.1. The summed E-state index contributed by atoms with van der Waals surface area (Å²) < 4.78 is 0. The Morgan fingerprint density at radius 2 is 1.50 bits per heavy atom. The van der Waals surface area contributed by atoms with E-state index in [1.165, 1.54) is 44.9 Å². The Balaban J connectivity index is 3.03. The van der Waals surface area contributed by atoms with Crippen LogP contribution in [0.4, 0.5) is 0 Å². The van der Waals surface area contributed by atoms with E-state index in [2.05, 4.69) is 19.1 Å². The van der Waals surface area contributed by atoms with Crippen LogP contribution in [0.1, 0.15) is 71.1 Å². The second-order valence-corrected chi connectivity index (χ2v) is 4.70. The van der Waals surface area contributed by atoms with Gasteiger partial charge >= 0.3 is 0 Å². The maximum absolute atomic E-state index is 10.5. The molecule has 0 aliphatic carbocycles. The third-order valence-electron chi connectivity index (χ3n) is 2.64. The predicted octanol–water partition coefficient (Wildman–Crippen LogP) is 5.23. The third-order valence-corrected chi connectivity index (χ3v) is 2.82. The van der Waals surface area contributed by atoms with E-state index in [-0.39, 0.29) is 5.24 Å². The molecule has 0 unspecified atom stereocenters. The van der Waals surface area contributed by atoms with Gasteiger partial charge in [-0.25, -0.2) is 0 Å². The zero-order valence-electron chi connectivity index (χ0n) is 10.5. The van der Waals surface area contributed by atoms with E-state index in [1.54, 1.807) is 0 Å². The highest BCUT2D eigenvalue weighted by molar-refractivity contribution is 6.63. The highest BCUT2D eigenvalue weighted by Crippen LogP contribution is 2.08. The zero-order valence-corrected chi connectivity index (χ0v) is 11.3. The summed E-state index contributed by atoms with van der Waals surface area (Å²) in [5, 5.41) is -0.196. The molecule has 2 heteroatoms. The molecule has 16 heavy (non-hydrogen) atoms. The second kappa shape index (κ2) is 12.8. The minimum absolute atomic E-state index is 0.196. The summed E-state index contributed by atoms with van der Waals surface area (Å²) in [6, 6.07) is 0. The van der Waals surface area contributed by atoms with Crippen LogP contribution in [0, 0.1) is 0 Å². The van der Waals surface area contributed by atoms with Crippen LogP contribution in [-0.2, 0) is 4.79 Å². The van der Waals surface area contributed by atoms with Crippen LogP contribution in [0.2, 0.25) is 0 Å². The van der Waals surface area contributed by atoms with Gasteiger partial charge in [0.2, 0.25) is 5.24 Å². The number of unbranched alkanes of at least 4 members (excludes halogenated alkanes) is 7. The van der Waals surface area contributed by atoms with Crippen molar-refractivity contribution in [2.75, 3.05) is 0 Å². The number of carbonyl (C=O) groups excluding carboxylic acids is 1. The fourth-order valence-electron chi connectivity index (χ4n) is 1.61. The van der Waals surface area contributed by atoms with Crippen LogP contribution in [0.5, 0.6) is 0 Å². The van der Waals surface area contributed by atoms with Gasteiger partial charge < -0.3 is 0 Å². The molecule has 0 saturated heterocycles. The van der Waals surface area contributed by atoms with Crippen LogP contribution in [0.15, 0.2) is 12.2 Å². The van der Waals surface area contributed by atoms with E-state index >= 15 is 0 Å². The first-order valence-electron chi connectivity index (χ1n) is 6.60. The van der Waals surface area contributed by atoms with Crippen LogP contribution < -0.4 is 0 Å². The van der Waals surface area contributed by atoms with Crippen molar-refractivity contribution in [3.63, 3.8) is 0 Å². The predicted molar refractivity (Wildman–Crippen MR) is 71.8 cm³/mol. The monoisotopic (exact) mass is 244 g/mol. The molecule has 0 radical (unpaired) electrons. The number of allylic oxidation sites excluding steroid dienone is 2. The Morgan fingerprint density at radius 3 is 2.12 bits per heavy atom. The Bertz CT molecular complexity index is 187. The largest absolute Gasteiger partial charge is 0.281 e. The molecule has 0 aliphatic rings. The molecule has 0 aromatic rings. The van der Waals surface area contributed by atoms with E-state index in [0.717, 1.165) is 12.8 Å². The molecule has 0 bridgehead atoms. The molecule has 0 amide bonds. The van der Waals surface area contributed by atoms with E-state index in [0.29, 0.717) is 6.42 Å². The van der Waals surface area contributed by atoms with E-state index in [1.807, 2.05) is 0 Å². The van der Waals surface area contributed by atoms with Crippen molar-refractivity contribution in [3.8, 4) is 0 Å². The van der Waals surface area contributed by atoms with Gasteiger partial charge in [-0.3, -0.25) is 4.79 Å². The van der Waals surface area contributed by atoms with Gasteiger partial charge in [-0.15, -0.1) is 0 Å². The lowest BCUT2D eigenvalue weighted by molar-refractivity contribution is -0.111. The molecule has 0 heterocycles. The summed E-state index contributed by atoms with van der Waals surface area (Å²) in [4.78, 5) is 10.5. The maximum Gasteiger partial charge on any atom is 0.221 e. The van der Waals surface area contributed by atoms with Crippen molar-refractivity contribution in [2.24, 2.45) is 0 Å². The molecule has 0 saturated carbocycles. The fourth-order valence-corrected chi connectivity index (χ4v) is 1.75. The summed E-state index contributed by atoms with van der Waals surface area (Å²) >= 11 is 5.25. The van der Waals surface area contributed by atoms with Crippen molar-refractivity contribution < 1.29 is 4.79 Å². The molecule has 0 rings (SSSR count). The van der Waals surface area contributed by atoms with Crippen LogP contribution in [-0.4, -0.2) is 5.24 Å². The minimum Gasteiger partial charge on any atom is -0.281 e. The van der Waals surface area contributed by atoms with E-state index in [4.69, 9.17) is 11.6 Å².